The average Bonchev–Trinajstić information content (AvgIpc) is 3.29. The largest absolute Gasteiger partial charge is 0.341 e. The lowest BCUT2D eigenvalue weighted by Crippen LogP contribution is -2.31. The average molecular weight is 312 g/mol. The first-order valence-corrected chi connectivity index (χ1v) is 7.47. The molecule has 9 nitrogen and oxygen atoms in total. The molecule has 3 aromatic rings. The quantitative estimate of drug-likeness (QED) is 0.750. The van der Waals surface area contributed by atoms with Gasteiger partial charge in [-0.05, 0) is 12.5 Å². The Balaban J connectivity index is 1.56. The molecule has 4 heterocycles. The minimum absolute atomic E-state index is 0.0624. The van der Waals surface area contributed by atoms with Gasteiger partial charge in [0.2, 0.25) is 0 Å². The lowest BCUT2D eigenvalue weighted by Gasteiger charge is -2.18. The molecule has 0 radical (unpaired) electrons. The van der Waals surface area contributed by atoms with Gasteiger partial charge in [0, 0.05) is 25.5 Å². The summed E-state index contributed by atoms with van der Waals surface area (Å²) < 4.78 is 3.90. The van der Waals surface area contributed by atoms with Crippen LogP contribution in [0, 0.1) is 0 Å². The number of hydrogen-bond acceptors (Lipinski definition) is 5. The topological polar surface area (TPSA) is 97.5 Å². The molecule has 1 aliphatic rings. The van der Waals surface area contributed by atoms with E-state index >= 15 is 0 Å². The normalized spacial score (nSPS) is 14.5. The molecule has 23 heavy (non-hydrogen) atoms. The van der Waals surface area contributed by atoms with Gasteiger partial charge in [-0.15, -0.1) is 10.2 Å². The molecule has 3 aromatic heterocycles. The van der Waals surface area contributed by atoms with Crippen LogP contribution in [0.1, 0.15) is 28.6 Å². The van der Waals surface area contributed by atoms with Crippen molar-refractivity contribution in [2.45, 2.75) is 26.1 Å². The summed E-state index contributed by atoms with van der Waals surface area (Å²) in [5, 5.41) is 12.7. The van der Waals surface area contributed by atoms with Gasteiger partial charge in [-0.2, -0.15) is 5.10 Å². The first kappa shape index (κ1) is 13.7. The number of aromatic amines is 1. The molecule has 0 aliphatic carbocycles. The Labute approximate surface area is 132 Å². The Hall–Kier alpha value is -2.97. The standard InChI is InChI=1S/C14H16N8O/c23-14(11-7-15-10-16-11)20-4-2-6-22-12(8-20)18-19-13(22)9-21-5-1-3-17-21/h1,3,5,7,10H,2,4,6,8-9H2,(H,15,16). The van der Waals surface area contributed by atoms with Gasteiger partial charge in [0.05, 0.1) is 19.1 Å². The molecule has 0 unspecified atom stereocenters. The highest BCUT2D eigenvalue weighted by Gasteiger charge is 2.24. The van der Waals surface area contributed by atoms with Crippen molar-refractivity contribution in [1.82, 2.24) is 39.4 Å². The molecule has 0 saturated heterocycles. The summed E-state index contributed by atoms with van der Waals surface area (Å²) in [6.07, 6.45) is 7.55. The molecular formula is C14H16N8O. The molecular weight excluding hydrogens is 296 g/mol. The van der Waals surface area contributed by atoms with Gasteiger partial charge in [-0.1, -0.05) is 0 Å². The Morgan fingerprint density at radius 1 is 1.30 bits per heavy atom. The van der Waals surface area contributed by atoms with Crippen LogP contribution in [0.4, 0.5) is 0 Å². The van der Waals surface area contributed by atoms with Crippen molar-refractivity contribution >= 4 is 5.91 Å². The summed E-state index contributed by atoms with van der Waals surface area (Å²) in [5.74, 6) is 1.60. The molecule has 4 rings (SSSR count). The third-order valence-corrected chi connectivity index (χ3v) is 3.92. The van der Waals surface area contributed by atoms with E-state index in [1.807, 2.05) is 16.9 Å². The minimum atomic E-state index is -0.0624. The van der Waals surface area contributed by atoms with E-state index in [9.17, 15) is 4.79 Å². The molecule has 1 N–H and O–H groups in total. The van der Waals surface area contributed by atoms with E-state index in [1.165, 1.54) is 6.33 Å². The van der Waals surface area contributed by atoms with Crippen molar-refractivity contribution < 1.29 is 4.79 Å². The maximum absolute atomic E-state index is 12.5. The first-order chi connectivity index (χ1) is 11.3. The van der Waals surface area contributed by atoms with Crippen molar-refractivity contribution in [3.8, 4) is 0 Å². The molecule has 0 spiro atoms. The summed E-state index contributed by atoms with van der Waals surface area (Å²) >= 11 is 0. The Kier molecular flexibility index (Phi) is 3.37. The molecule has 0 atom stereocenters. The number of fused-ring (bicyclic) bond motifs is 1. The zero-order valence-corrected chi connectivity index (χ0v) is 12.5. The molecule has 0 saturated carbocycles. The van der Waals surface area contributed by atoms with Gasteiger partial charge in [0.25, 0.3) is 5.91 Å². The molecule has 9 heteroatoms. The van der Waals surface area contributed by atoms with Crippen LogP contribution >= 0.6 is 0 Å². The van der Waals surface area contributed by atoms with Crippen LogP contribution in [0.15, 0.2) is 31.0 Å². The molecule has 1 amide bonds. The smallest absolute Gasteiger partial charge is 0.272 e. The number of amides is 1. The summed E-state index contributed by atoms with van der Waals surface area (Å²) in [5.41, 5.74) is 0.495. The number of carbonyl (C=O) groups excluding carboxylic acids is 1. The summed E-state index contributed by atoms with van der Waals surface area (Å²) in [4.78, 5) is 21.0. The first-order valence-electron chi connectivity index (χ1n) is 7.47. The zero-order valence-electron chi connectivity index (χ0n) is 12.5. The van der Waals surface area contributed by atoms with E-state index in [0.717, 1.165) is 24.6 Å². The van der Waals surface area contributed by atoms with E-state index in [1.54, 1.807) is 17.3 Å². The Morgan fingerprint density at radius 2 is 2.26 bits per heavy atom. The monoisotopic (exact) mass is 312 g/mol. The summed E-state index contributed by atoms with van der Waals surface area (Å²) in [6, 6.07) is 1.88. The fourth-order valence-corrected chi connectivity index (χ4v) is 2.79. The number of hydrogen-bond donors (Lipinski definition) is 1. The Morgan fingerprint density at radius 3 is 3.04 bits per heavy atom. The second-order valence-corrected chi connectivity index (χ2v) is 5.43. The van der Waals surface area contributed by atoms with Crippen molar-refractivity contribution in [3.63, 3.8) is 0 Å². The summed E-state index contributed by atoms with van der Waals surface area (Å²) in [7, 11) is 0. The van der Waals surface area contributed by atoms with Crippen LogP contribution in [0.3, 0.4) is 0 Å². The third-order valence-electron chi connectivity index (χ3n) is 3.92. The van der Waals surface area contributed by atoms with Gasteiger partial charge in [0.15, 0.2) is 11.6 Å². The number of H-pyrrole nitrogens is 1. The molecule has 1 aliphatic heterocycles. The van der Waals surface area contributed by atoms with Gasteiger partial charge in [-0.3, -0.25) is 9.48 Å². The maximum Gasteiger partial charge on any atom is 0.272 e. The van der Waals surface area contributed by atoms with Gasteiger partial charge >= 0.3 is 0 Å². The number of nitrogens with zero attached hydrogens (tertiary/aromatic N) is 7. The highest BCUT2D eigenvalue weighted by molar-refractivity contribution is 5.92. The van der Waals surface area contributed by atoms with Crippen LogP contribution < -0.4 is 0 Å². The number of nitrogens with one attached hydrogen (secondary N) is 1. The second-order valence-electron chi connectivity index (χ2n) is 5.43. The van der Waals surface area contributed by atoms with E-state index in [0.29, 0.717) is 25.3 Å². The zero-order chi connectivity index (χ0) is 15.6. The molecule has 0 bridgehead atoms. The van der Waals surface area contributed by atoms with Gasteiger partial charge in [0.1, 0.15) is 12.2 Å². The molecule has 0 aromatic carbocycles. The predicted octanol–water partition coefficient (Wildman–Crippen LogP) is 0.292. The van der Waals surface area contributed by atoms with E-state index < -0.39 is 0 Å². The second kappa shape index (κ2) is 5.67. The predicted molar refractivity (Wildman–Crippen MR) is 79.3 cm³/mol. The number of imidazole rings is 1. The summed E-state index contributed by atoms with van der Waals surface area (Å²) in [6.45, 7) is 2.51. The van der Waals surface area contributed by atoms with Crippen molar-refractivity contribution in [2.75, 3.05) is 6.54 Å². The van der Waals surface area contributed by atoms with Crippen LogP contribution in [-0.4, -0.2) is 51.9 Å². The van der Waals surface area contributed by atoms with Crippen LogP contribution in [-0.2, 0) is 19.6 Å². The van der Waals surface area contributed by atoms with Gasteiger partial charge in [-0.25, -0.2) is 4.98 Å². The fourth-order valence-electron chi connectivity index (χ4n) is 2.79. The highest BCUT2D eigenvalue weighted by atomic mass is 16.2. The molecule has 0 fully saturated rings. The number of aromatic nitrogens is 7. The maximum atomic E-state index is 12.5. The van der Waals surface area contributed by atoms with E-state index in [-0.39, 0.29) is 5.91 Å². The van der Waals surface area contributed by atoms with Gasteiger partial charge < -0.3 is 14.5 Å². The number of rotatable bonds is 3. The van der Waals surface area contributed by atoms with Crippen LogP contribution in [0.5, 0.6) is 0 Å². The van der Waals surface area contributed by atoms with Crippen molar-refractivity contribution in [1.29, 1.82) is 0 Å². The van der Waals surface area contributed by atoms with Crippen molar-refractivity contribution in [3.05, 3.63) is 48.3 Å². The number of carbonyl (C=O) groups is 1. The highest BCUT2D eigenvalue weighted by Crippen LogP contribution is 2.15. The third kappa shape index (κ3) is 2.60. The SMILES string of the molecule is O=C(c1cnc[nH]1)N1CCCn2c(nnc2Cn2cccn2)C1. The van der Waals surface area contributed by atoms with Crippen LogP contribution in [0.2, 0.25) is 0 Å². The lowest BCUT2D eigenvalue weighted by atomic mass is 10.3. The Bertz CT molecular complexity index is 789. The fraction of sp³-hybridized carbons (Fsp3) is 0.357. The molecule has 118 valence electrons. The van der Waals surface area contributed by atoms with Crippen molar-refractivity contribution in [2.24, 2.45) is 0 Å². The van der Waals surface area contributed by atoms with E-state index in [2.05, 4.69) is 29.8 Å². The van der Waals surface area contributed by atoms with Crippen LogP contribution in [0.25, 0.3) is 0 Å². The van der Waals surface area contributed by atoms with E-state index in [4.69, 9.17) is 0 Å². The minimum Gasteiger partial charge on any atom is -0.341 e. The lowest BCUT2D eigenvalue weighted by molar-refractivity contribution is 0.0738.